The highest BCUT2D eigenvalue weighted by molar-refractivity contribution is 5.85. The largest absolute Gasteiger partial charge is 0.291 e. The molecule has 0 aliphatic carbocycles. The maximum atomic E-state index is 8.68. The van der Waals surface area contributed by atoms with E-state index in [0.29, 0.717) is 0 Å². The average molecular weight is 209 g/mol. The van der Waals surface area contributed by atoms with Gasteiger partial charge in [-0.05, 0) is 12.1 Å². The summed E-state index contributed by atoms with van der Waals surface area (Å²) in [5.41, 5.74) is 1.06. The van der Waals surface area contributed by atoms with Gasteiger partial charge in [0.2, 0.25) is 0 Å². The molecule has 14 heavy (non-hydrogen) atoms. The molecule has 3 heteroatoms. The third kappa shape index (κ3) is 3.54. The van der Waals surface area contributed by atoms with Crippen molar-refractivity contribution in [2.45, 2.75) is 6.92 Å². The van der Waals surface area contributed by atoms with Crippen LogP contribution in [-0.4, -0.2) is 11.3 Å². The monoisotopic (exact) mass is 208 g/mol. The van der Waals surface area contributed by atoms with Gasteiger partial charge in [-0.3, -0.25) is 9.78 Å². The zero-order chi connectivity index (χ0) is 9.52. The van der Waals surface area contributed by atoms with Crippen LogP contribution in [0, 0.1) is 0 Å². The summed E-state index contributed by atoms with van der Waals surface area (Å²) in [5.74, 6) is 0. The first kappa shape index (κ1) is 12.6. The van der Waals surface area contributed by atoms with Crippen molar-refractivity contribution in [2.75, 3.05) is 0 Å². The van der Waals surface area contributed by atoms with Crippen molar-refractivity contribution >= 4 is 29.6 Å². The lowest BCUT2D eigenvalue weighted by Gasteiger charge is -1.91. The zero-order valence-electron chi connectivity index (χ0n) is 7.81. The minimum Gasteiger partial charge on any atom is -0.291 e. The molecule has 0 aliphatic rings. The average Bonchev–Trinajstić information content (AvgIpc) is 2.19. The molecule has 73 valence electrons. The predicted molar refractivity (Wildman–Crippen MR) is 60.4 cm³/mol. The van der Waals surface area contributed by atoms with Gasteiger partial charge in [-0.25, -0.2) is 0 Å². The van der Waals surface area contributed by atoms with E-state index < -0.39 is 0 Å². The molecule has 0 spiro atoms. The number of aromatic nitrogens is 1. The van der Waals surface area contributed by atoms with E-state index >= 15 is 0 Å². The molecule has 0 aliphatic heterocycles. The fourth-order valence-corrected chi connectivity index (χ4v) is 1.02. The molecule has 2 aromatic rings. The van der Waals surface area contributed by atoms with Crippen LogP contribution in [0.1, 0.15) is 6.92 Å². The summed E-state index contributed by atoms with van der Waals surface area (Å²) in [4.78, 5) is 12.9. The number of hydrogen-bond acceptors (Lipinski definition) is 2. The Hall–Kier alpha value is -1.41. The number of benzene rings is 1. The normalized spacial score (nSPS) is 8.07. The molecule has 2 rings (SSSR count). The van der Waals surface area contributed by atoms with E-state index in [9.17, 15) is 0 Å². The maximum absolute atomic E-state index is 8.68. The molecule has 0 fully saturated rings. The maximum Gasteiger partial charge on any atom is 0.195 e. The van der Waals surface area contributed by atoms with E-state index in [1.165, 1.54) is 18.6 Å². The van der Waals surface area contributed by atoms with Crippen LogP contribution >= 0.6 is 12.4 Å². The number of hydrogen-bond donors (Lipinski definition) is 0. The lowest BCUT2D eigenvalue weighted by molar-refractivity contribution is 0.560. The molecular weight excluding hydrogens is 198 g/mol. The number of rotatable bonds is 0. The van der Waals surface area contributed by atoms with Crippen LogP contribution < -0.4 is 0 Å². The number of nitrogens with zero attached hydrogens (tertiary/aromatic N) is 1. The van der Waals surface area contributed by atoms with Gasteiger partial charge < -0.3 is 0 Å². The molecule has 0 N–H and O–H groups in total. The first-order valence-electron chi connectivity index (χ1n) is 3.97. The second kappa shape index (κ2) is 7.04. The van der Waals surface area contributed by atoms with E-state index in [2.05, 4.69) is 17.1 Å². The van der Waals surface area contributed by atoms with Crippen molar-refractivity contribution in [1.29, 1.82) is 0 Å². The fraction of sp³-hybridized carbons (Fsp3) is 0.0909. The Kier molecular flexibility index (Phi) is 6.33. The molecule has 0 atom stereocenters. The number of carbonyl (C=O) groups excluding carboxylic acids is 1. The Morgan fingerprint density at radius 1 is 1.14 bits per heavy atom. The third-order valence-corrected chi connectivity index (χ3v) is 1.51. The van der Waals surface area contributed by atoms with E-state index in [-0.39, 0.29) is 12.4 Å². The molecule has 0 unspecified atom stereocenters. The number of fused-ring (bicyclic) bond motifs is 1. The predicted octanol–water partition coefficient (Wildman–Crippen LogP) is 2.77. The summed E-state index contributed by atoms with van der Waals surface area (Å²) < 4.78 is 0. The van der Waals surface area contributed by atoms with Crippen LogP contribution in [0.25, 0.3) is 10.9 Å². The van der Waals surface area contributed by atoms with E-state index in [1.807, 2.05) is 30.5 Å². The van der Waals surface area contributed by atoms with Crippen LogP contribution in [0.3, 0.4) is 0 Å². The van der Waals surface area contributed by atoms with Crippen LogP contribution in [-0.2, 0) is 4.79 Å². The van der Waals surface area contributed by atoms with Gasteiger partial charge in [0.25, 0.3) is 0 Å². The lowest BCUT2D eigenvalue weighted by Crippen LogP contribution is -1.73. The SMILES string of the molecule is C[C]=O.Cl.c1ccc2ncccc2c1. The van der Waals surface area contributed by atoms with Gasteiger partial charge in [0, 0.05) is 18.5 Å². The van der Waals surface area contributed by atoms with Crippen molar-refractivity contribution < 1.29 is 4.79 Å². The standard InChI is InChI=1S/C9H7N.C2H3O.ClH/c1-2-6-9-8(4-1)5-3-7-10-9;1-2-3;/h1-7H;1H3;1H. The second-order valence-corrected chi connectivity index (χ2v) is 2.40. The molecule has 1 heterocycles. The molecule has 1 aromatic carbocycles. The lowest BCUT2D eigenvalue weighted by atomic mass is 10.2. The number of halogens is 1. The molecule has 2 nitrogen and oxygen atoms in total. The fourth-order valence-electron chi connectivity index (χ4n) is 1.02. The van der Waals surface area contributed by atoms with Gasteiger partial charge in [-0.15, -0.1) is 12.4 Å². The van der Waals surface area contributed by atoms with Crippen molar-refractivity contribution in [3.63, 3.8) is 0 Å². The molecular formula is C11H11ClNO. The van der Waals surface area contributed by atoms with E-state index in [1.54, 1.807) is 0 Å². The van der Waals surface area contributed by atoms with Gasteiger partial charge in [0.1, 0.15) is 0 Å². The van der Waals surface area contributed by atoms with Gasteiger partial charge in [0.05, 0.1) is 5.52 Å². The van der Waals surface area contributed by atoms with Gasteiger partial charge >= 0.3 is 0 Å². The number of pyridine rings is 1. The van der Waals surface area contributed by atoms with Crippen LogP contribution in [0.2, 0.25) is 0 Å². The smallest absolute Gasteiger partial charge is 0.195 e. The molecule has 0 bridgehead atoms. The molecule has 1 aromatic heterocycles. The quantitative estimate of drug-likeness (QED) is 0.667. The minimum atomic E-state index is 0. The Bertz CT molecular complexity index is 324. The summed E-state index contributed by atoms with van der Waals surface area (Å²) in [6, 6.07) is 12.1. The minimum absolute atomic E-state index is 0. The van der Waals surface area contributed by atoms with Crippen LogP contribution in [0.4, 0.5) is 0 Å². The molecule has 1 radical (unpaired) electrons. The van der Waals surface area contributed by atoms with Gasteiger partial charge in [-0.2, -0.15) is 0 Å². The zero-order valence-corrected chi connectivity index (χ0v) is 8.62. The van der Waals surface area contributed by atoms with Crippen molar-refractivity contribution in [3.8, 4) is 0 Å². The van der Waals surface area contributed by atoms with Gasteiger partial charge in [-0.1, -0.05) is 24.3 Å². The molecule has 0 amide bonds. The van der Waals surface area contributed by atoms with Crippen LogP contribution in [0.15, 0.2) is 42.6 Å². The summed E-state index contributed by atoms with van der Waals surface area (Å²) in [6.45, 7) is 1.32. The van der Waals surface area contributed by atoms with E-state index in [0.717, 1.165) is 5.52 Å². The van der Waals surface area contributed by atoms with E-state index in [4.69, 9.17) is 4.79 Å². The first-order chi connectivity index (χ1) is 6.38. The molecule has 0 saturated carbocycles. The van der Waals surface area contributed by atoms with Crippen molar-refractivity contribution in [2.24, 2.45) is 0 Å². The Balaban J connectivity index is 0.000000381. The molecule has 0 saturated heterocycles. The van der Waals surface area contributed by atoms with Gasteiger partial charge in [0.15, 0.2) is 6.29 Å². The van der Waals surface area contributed by atoms with Crippen molar-refractivity contribution in [1.82, 2.24) is 4.98 Å². The summed E-state index contributed by atoms with van der Waals surface area (Å²) in [6.07, 6.45) is 3.31. The van der Waals surface area contributed by atoms with Crippen molar-refractivity contribution in [3.05, 3.63) is 42.6 Å². The Morgan fingerprint density at radius 3 is 2.36 bits per heavy atom. The Labute approximate surface area is 89.4 Å². The Morgan fingerprint density at radius 2 is 1.71 bits per heavy atom. The summed E-state index contributed by atoms with van der Waals surface area (Å²) in [5, 5.41) is 1.20. The second-order valence-electron chi connectivity index (χ2n) is 2.40. The summed E-state index contributed by atoms with van der Waals surface area (Å²) >= 11 is 0. The third-order valence-electron chi connectivity index (χ3n) is 1.51. The summed E-state index contributed by atoms with van der Waals surface area (Å²) in [7, 11) is 0. The topological polar surface area (TPSA) is 30.0 Å². The highest BCUT2D eigenvalue weighted by atomic mass is 35.5. The number of para-hydroxylation sites is 1. The highest BCUT2D eigenvalue weighted by Crippen LogP contribution is 2.07. The van der Waals surface area contributed by atoms with Crippen LogP contribution in [0.5, 0.6) is 0 Å². The highest BCUT2D eigenvalue weighted by Gasteiger charge is 1.86. The first-order valence-corrected chi connectivity index (χ1v) is 3.97.